The average molecular weight is 320 g/mol. The number of nitrogens with zero attached hydrogens (tertiary/aromatic N) is 1. The number of benzene rings is 1. The largest absolute Gasteiger partial charge is 0.385 e. The van der Waals surface area contributed by atoms with E-state index in [9.17, 15) is 8.42 Å². The van der Waals surface area contributed by atoms with Crippen LogP contribution >= 0.6 is 0 Å². The third-order valence-electron chi connectivity index (χ3n) is 5.54. The van der Waals surface area contributed by atoms with Crippen molar-refractivity contribution in [2.24, 2.45) is 11.8 Å². The maximum Gasteiger partial charge on any atom is 0.243 e. The van der Waals surface area contributed by atoms with Crippen molar-refractivity contribution in [2.75, 3.05) is 25.0 Å². The molecule has 1 aromatic rings. The summed E-state index contributed by atoms with van der Waals surface area (Å²) in [5, 5.41) is 3.35. The van der Waals surface area contributed by atoms with E-state index in [0.717, 1.165) is 30.6 Å². The van der Waals surface area contributed by atoms with Crippen LogP contribution in [0.15, 0.2) is 23.1 Å². The Kier molecular flexibility index (Phi) is 3.65. The van der Waals surface area contributed by atoms with Crippen molar-refractivity contribution < 1.29 is 8.42 Å². The quantitative estimate of drug-likeness (QED) is 0.911. The molecule has 3 fully saturated rings. The lowest BCUT2D eigenvalue weighted by atomic mass is 9.84. The summed E-state index contributed by atoms with van der Waals surface area (Å²) in [6.45, 7) is 2.41. The van der Waals surface area contributed by atoms with Gasteiger partial charge in [-0.1, -0.05) is 0 Å². The first-order chi connectivity index (χ1) is 10.6. The Bertz CT molecular complexity index is 649. The van der Waals surface area contributed by atoms with Crippen LogP contribution in [0.4, 0.5) is 5.69 Å². The van der Waals surface area contributed by atoms with Crippen LogP contribution in [0.25, 0.3) is 0 Å². The molecule has 2 saturated heterocycles. The van der Waals surface area contributed by atoms with Crippen molar-refractivity contribution in [3.8, 4) is 0 Å². The SMILES string of the molecule is O=S(=O)(c1ccc2c(c1)CCCN2)N1CC2CCC(CC2)C1. The monoisotopic (exact) mass is 320 g/mol. The highest BCUT2D eigenvalue weighted by Crippen LogP contribution is 2.36. The summed E-state index contributed by atoms with van der Waals surface area (Å²) in [6, 6.07) is 5.61. The lowest BCUT2D eigenvalue weighted by Gasteiger charge is -2.24. The first-order valence-electron chi connectivity index (χ1n) is 8.50. The lowest BCUT2D eigenvalue weighted by molar-refractivity contribution is 0.326. The van der Waals surface area contributed by atoms with Gasteiger partial charge in [-0.25, -0.2) is 8.42 Å². The standard InChI is InChI=1S/C17H24N2O2S/c20-22(21,19-11-13-3-4-14(12-19)6-5-13)16-7-8-17-15(10-16)2-1-9-18-17/h7-8,10,13-14,18H,1-6,9,11-12H2. The van der Waals surface area contributed by atoms with Crippen molar-refractivity contribution in [3.05, 3.63) is 23.8 Å². The number of anilines is 1. The Morgan fingerprint density at radius 1 is 1.05 bits per heavy atom. The van der Waals surface area contributed by atoms with Gasteiger partial charge in [0.15, 0.2) is 0 Å². The molecule has 3 aliphatic heterocycles. The summed E-state index contributed by atoms with van der Waals surface area (Å²) < 4.78 is 27.9. The molecule has 1 aromatic carbocycles. The van der Waals surface area contributed by atoms with E-state index in [4.69, 9.17) is 0 Å². The summed E-state index contributed by atoms with van der Waals surface area (Å²) in [6.07, 6.45) is 6.84. The predicted molar refractivity (Wildman–Crippen MR) is 87.5 cm³/mol. The fraction of sp³-hybridized carbons (Fsp3) is 0.647. The van der Waals surface area contributed by atoms with Gasteiger partial charge in [0.05, 0.1) is 4.90 Å². The lowest BCUT2D eigenvalue weighted by Crippen LogP contribution is -2.35. The van der Waals surface area contributed by atoms with E-state index in [1.807, 2.05) is 12.1 Å². The number of fused-ring (bicyclic) bond motifs is 5. The fourth-order valence-electron chi connectivity index (χ4n) is 4.20. The number of hydrogen-bond acceptors (Lipinski definition) is 3. The average Bonchev–Trinajstić information content (AvgIpc) is 2.89. The van der Waals surface area contributed by atoms with Crippen molar-refractivity contribution in [1.29, 1.82) is 0 Å². The zero-order valence-electron chi connectivity index (χ0n) is 12.9. The van der Waals surface area contributed by atoms with Crippen LogP contribution in [-0.2, 0) is 16.4 Å². The summed E-state index contributed by atoms with van der Waals surface area (Å²) in [7, 11) is -3.34. The summed E-state index contributed by atoms with van der Waals surface area (Å²) in [4.78, 5) is 0.483. The molecule has 0 spiro atoms. The number of rotatable bonds is 2. The minimum absolute atomic E-state index is 0.483. The molecule has 0 atom stereocenters. The van der Waals surface area contributed by atoms with Gasteiger partial charge < -0.3 is 5.32 Å². The molecular formula is C17H24N2O2S. The molecule has 3 heterocycles. The number of aryl methyl sites for hydroxylation is 1. The zero-order chi connectivity index (χ0) is 15.2. The van der Waals surface area contributed by atoms with Gasteiger partial charge in [-0.15, -0.1) is 0 Å². The summed E-state index contributed by atoms with van der Waals surface area (Å²) >= 11 is 0. The van der Waals surface area contributed by atoms with E-state index in [1.54, 1.807) is 10.4 Å². The Hall–Kier alpha value is -1.07. The van der Waals surface area contributed by atoms with Gasteiger partial charge in [-0.2, -0.15) is 4.31 Å². The Morgan fingerprint density at radius 3 is 2.41 bits per heavy atom. The summed E-state index contributed by atoms with van der Waals surface area (Å²) in [5.74, 6) is 1.13. The maximum absolute atomic E-state index is 13.1. The Balaban J connectivity index is 1.65. The van der Waals surface area contributed by atoms with Crippen molar-refractivity contribution in [1.82, 2.24) is 4.31 Å². The summed E-state index contributed by atoms with van der Waals surface area (Å²) in [5.41, 5.74) is 2.24. The molecule has 0 aromatic heterocycles. The van der Waals surface area contributed by atoms with E-state index in [2.05, 4.69) is 5.32 Å². The highest BCUT2D eigenvalue weighted by molar-refractivity contribution is 7.89. The van der Waals surface area contributed by atoms with Crippen LogP contribution in [-0.4, -0.2) is 32.4 Å². The normalized spacial score (nSPS) is 28.7. The highest BCUT2D eigenvalue weighted by Gasteiger charge is 2.35. The van der Waals surface area contributed by atoms with Gasteiger partial charge in [0.1, 0.15) is 0 Å². The van der Waals surface area contributed by atoms with Gasteiger partial charge >= 0.3 is 0 Å². The first kappa shape index (κ1) is 14.5. The third kappa shape index (κ3) is 2.54. The predicted octanol–water partition coefficient (Wildman–Crippen LogP) is 2.86. The topological polar surface area (TPSA) is 49.4 Å². The second-order valence-corrected chi connectivity index (χ2v) is 9.00. The van der Waals surface area contributed by atoms with E-state index in [0.29, 0.717) is 29.8 Å². The molecule has 120 valence electrons. The van der Waals surface area contributed by atoms with Crippen LogP contribution < -0.4 is 5.32 Å². The molecule has 0 unspecified atom stereocenters. The molecule has 4 aliphatic rings. The molecule has 0 radical (unpaired) electrons. The van der Waals surface area contributed by atoms with Crippen molar-refractivity contribution in [2.45, 2.75) is 43.4 Å². The van der Waals surface area contributed by atoms with Crippen LogP contribution in [0, 0.1) is 11.8 Å². The molecule has 5 heteroatoms. The number of nitrogens with one attached hydrogen (secondary N) is 1. The smallest absolute Gasteiger partial charge is 0.243 e. The van der Waals surface area contributed by atoms with E-state index >= 15 is 0 Å². The minimum atomic E-state index is -3.34. The number of sulfonamides is 1. The van der Waals surface area contributed by atoms with Gasteiger partial charge in [-0.3, -0.25) is 0 Å². The third-order valence-corrected chi connectivity index (χ3v) is 7.37. The Morgan fingerprint density at radius 2 is 1.73 bits per heavy atom. The van der Waals surface area contributed by atoms with Crippen LogP contribution in [0.1, 0.15) is 37.7 Å². The van der Waals surface area contributed by atoms with Gasteiger partial charge in [0.2, 0.25) is 10.0 Å². The maximum atomic E-state index is 13.1. The van der Waals surface area contributed by atoms with Gasteiger partial charge in [0.25, 0.3) is 0 Å². The fourth-order valence-corrected chi connectivity index (χ4v) is 5.85. The molecule has 1 N–H and O–H groups in total. The highest BCUT2D eigenvalue weighted by atomic mass is 32.2. The van der Waals surface area contributed by atoms with Crippen LogP contribution in [0.5, 0.6) is 0 Å². The number of hydrogen-bond donors (Lipinski definition) is 1. The first-order valence-corrected chi connectivity index (χ1v) is 9.94. The zero-order valence-corrected chi connectivity index (χ0v) is 13.7. The molecule has 4 nitrogen and oxygen atoms in total. The van der Waals surface area contributed by atoms with Crippen LogP contribution in [0.3, 0.4) is 0 Å². The van der Waals surface area contributed by atoms with Gasteiger partial charge in [0, 0.05) is 25.3 Å². The minimum Gasteiger partial charge on any atom is -0.385 e. The second kappa shape index (κ2) is 5.53. The molecular weight excluding hydrogens is 296 g/mol. The molecule has 2 bridgehead atoms. The Labute approximate surface area is 132 Å². The molecule has 1 saturated carbocycles. The second-order valence-electron chi connectivity index (χ2n) is 7.06. The van der Waals surface area contributed by atoms with E-state index < -0.39 is 10.0 Å². The van der Waals surface area contributed by atoms with Crippen molar-refractivity contribution in [3.63, 3.8) is 0 Å². The molecule has 0 amide bonds. The van der Waals surface area contributed by atoms with Crippen molar-refractivity contribution >= 4 is 15.7 Å². The van der Waals surface area contributed by atoms with E-state index in [1.165, 1.54) is 25.7 Å². The molecule has 5 rings (SSSR count). The van der Waals surface area contributed by atoms with E-state index in [-0.39, 0.29) is 0 Å². The van der Waals surface area contributed by atoms with Crippen LogP contribution in [0.2, 0.25) is 0 Å². The molecule has 22 heavy (non-hydrogen) atoms. The molecule has 1 aliphatic carbocycles. The van der Waals surface area contributed by atoms with Gasteiger partial charge in [-0.05, 0) is 74.1 Å².